The fourth-order valence-electron chi connectivity index (χ4n) is 2.35. The van der Waals surface area contributed by atoms with Crippen LogP contribution in [0.1, 0.15) is 42.1 Å². The smallest absolute Gasteiger partial charge is 0.382 e. The van der Waals surface area contributed by atoms with E-state index in [0.29, 0.717) is 0 Å². The summed E-state index contributed by atoms with van der Waals surface area (Å²) in [6.45, 7) is -0.846. The molecule has 1 unspecified atom stereocenters. The third kappa shape index (κ3) is 3.12. The molecule has 23 heavy (non-hydrogen) atoms. The van der Waals surface area contributed by atoms with Gasteiger partial charge in [-0.25, -0.2) is 4.39 Å². The average Bonchev–Trinajstić information content (AvgIpc) is 2.80. The van der Waals surface area contributed by atoms with Crippen LogP contribution >= 0.6 is 0 Å². The molecule has 2 rings (SSSR count). The number of rotatable bonds is 3. The fraction of sp³-hybridized carbons (Fsp3) is 0.727. The molecule has 1 aromatic heterocycles. The molecule has 3 nitrogen and oxygen atoms in total. The van der Waals surface area contributed by atoms with Gasteiger partial charge < -0.3 is 5.11 Å². The van der Waals surface area contributed by atoms with Crippen LogP contribution in [0.2, 0.25) is 0 Å². The van der Waals surface area contributed by atoms with Gasteiger partial charge in [0.2, 0.25) is 6.17 Å². The van der Waals surface area contributed by atoms with Crippen LogP contribution in [0.3, 0.4) is 0 Å². The first-order valence-corrected chi connectivity index (χ1v) is 6.21. The molecule has 0 amide bonds. The SMILES string of the molecule is OC1c2c(C(F)(F)F)nn(CCCC(F)(F)F)c2[C@H](F)C1(F)F. The van der Waals surface area contributed by atoms with Crippen molar-refractivity contribution in [3.05, 3.63) is 17.0 Å². The summed E-state index contributed by atoms with van der Waals surface area (Å²) >= 11 is 0. The maximum absolute atomic E-state index is 13.7. The van der Waals surface area contributed by atoms with Gasteiger partial charge in [0.1, 0.15) is 6.10 Å². The van der Waals surface area contributed by atoms with Crippen LogP contribution in [-0.2, 0) is 12.7 Å². The van der Waals surface area contributed by atoms with Crippen LogP contribution in [0, 0.1) is 0 Å². The van der Waals surface area contributed by atoms with E-state index in [1.165, 1.54) is 0 Å². The quantitative estimate of drug-likeness (QED) is 0.834. The number of aliphatic hydroxyl groups is 1. The predicted octanol–water partition coefficient (Wildman–Crippen LogP) is 3.94. The Kier molecular flexibility index (Phi) is 4.11. The maximum atomic E-state index is 13.7. The van der Waals surface area contributed by atoms with Gasteiger partial charge in [-0.3, -0.25) is 4.68 Å². The number of hydrogen-bond donors (Lipinski definition) is 1. The number of fused-ring (bicyclic) bond motifs is 1. The second-order valence-corrected chi connectivity index (χ2v) is 5.03. The Morgan fingerprint density at radius 3 is 2.17 bits per heavy atom. The Labute approximate surface area is 122 Å². The summed E-state index contributed by atoms with van der Waals surface area (Å²) in [4.78, 5) is 0. The van der Waals surface area contributed by atoms with Crippen molar-refractivity contribution < 1.29 is 44.6 Å². The highest BCUT2D eigenvalue weighted by atomic mass is 19.4. The van der Waals surface area contributed by atoms with Crippen molar-refractivity contribution in [3.8, 4) is 0 Å². The largest absolute Gasteiger partial charge is 0.435 e. The molecule has 0 saturated carbocycles. The molecular formula is C11H9F9N2O. The number of alkyl halides is 9. The molecule has 0 saturated heterocycles. The van der Waals surface area contributed by atoms with E-state index in [1.54, 1.807) is 0 Å². The maximum Gasteiger partial charge on any atom is 0.435 e. The molecule has 2 atom stereocenters. The summed E-state index contributed by atoms with van der Waals surface area (Å²) in [5, 5.41) is 12.1. The second-order valence-electron chi connectivity index (χ2n) is 5.03. The molecule has 0 spiro atoms. The molecule has 0 bridgehead atoms. The molecule has 132 valence electrons. The Bertz CT molecular complexity index is 590. The number of nitrogens with zero attached hydrogens (tertiary/aromatic N) is 2. The van der Waals surface area contributed by atoms with Crippen LogP contribution in [-0.4, -0.2) is 27.0 Å². The molecular weight excluding hydrogens is 347 g/mol. The Hall–Kier alpha value is -1.46. The zero-order chi connectivity index (χ0) is 17.8. The average molecular weight is 356 g/mol. The highest BCUT2D eigenvalue weighted by molar-refractivity contribution is 5.40. The first kappa shape index (κ1) is 17.9. The molecule has 12 heteroatoms. The van der Waals surface area contributed by atoms with Gasteiger partial charge in [-0.1, -0.05) is 0 Å². The van der Waals surface area contributed by atoms with Crippen molar-refractivity contribution in [2.24, 2.45) is 0 Å². The number of halogens is 9. The van der Waals surface area contributed by atoms with Crippen LogP contribution in [0.4, 0.5) is 39.5 Å². The van der Waals surface area contributed by atoms with Gasteiger partial charge in [-0.15, -0.1) is 0 Å². The zero-order valence-electron chi connectivity index (χ0n) is 11.0. The predicted molar refractivity (Wildman–Crippen MR) is 56.3 cm³/mol. The van der Waals surface area contributed by atoms with E-state index in [9.17, 15) is 44.6 Å². The lowest BCUT2D eigenvalue weighted by Crippen LogP contribution is -2.27. The summed E-state index contributed by atoms with van der Waals surface area (Å²) in [5.74, 6) is -4.51. The Morgan fingerprint density at radius 2 is 1.70 bits per heavy atom. The molecule has 0 radical (unpaired) electrons. The lowest BCUT2D eigenvalue weighted by Gasteiger charge is -2.18. The third-order valence-electron chi connectivity index (χ3n) is 3.34. The lowest BCUT2D eigenvalue weighted by atomic mass is 10.1. The summed E-state index contributed by atoms with van der Waals surface area (Å²) in [5.41, 5.74) is -4.59. The minimum atomic E-state index is -5.26. The van der Waals surface area contributed by atoms with E-state index in [1.807, 2.05) is 0 Å². The van der Waals surface area contributed by atoms with Crippen molar-refractivity contribution >= 4 is 0 Å². The third-order valence-corrected chi connectivity index (χ3v) is 3.34. The highest BCUT2D eigenvalue weighted by Crippen LogP contribution is 2.55. The van der Waals surface area contributed by atoms with Crippen LogP contribution in [0.15, 0.2) is 0 Å². The van der Waals surface area contributed by atoms with Crippen molar-refractivity contribution in [3.63, 3.8) is 0 Å². The van der Waals surface area contributed by atoms with E-state index in [-0.39, 0.29) is 4.68 Å². The minimum absolute atomic E-state index is 0.124. The minimum Gasteiger partial charge on any atom is -0.382 e. The number of aliphatic hydroxyl groups excluding tert-OH is 1. The van der Waals surface area contributed by atoms with Crippen LogP contribution < -0.4 is 0 Å². The molecule has 1 aliphatic rings. The van der Waals surface area contributed by atoms with Gasteiger partial charge in [0.15, 0.2) is 5.69 Å². The van der Waals surface area contributed by atoms with Crippen LogP contribution in [0.25, 0.3) is 0 Å². The molecule has 0 aliphatic heterocycles. The lowest BCUT2D eigenvalue weighted by molar-refractivity contribution is -0.157. The van der Waals surface area contributed by atoms with E-state index >= 15 is 0 Å². The molecule has 1 N–H and O–H groups in total. The first-order valence-electron chi connectivity index (χ1n) is 6.21. The van der Waals surface area contributed by atoms with E-state index in [2.05, 4.69) is 5.10 Å². The Balaban J connectivity index is 2.41. The van der Waals surface area contributed by atoms with Gasteiger partial charge in [0.25, 0.3) is 0 Å². The first-order chi connectivity index (χ1) is 10.3. The van der Waals surface area contributed by atoms with Gasteiger partial charge >= 0.3 is 18.3 Å². The molecule has 0 fully saturated rings. The molecule has 1 aromatic rings. The van der Waals surface area contributed by atoms with Gasteiger partial charge in [-0.2, -0.15) is 40.2 Å². The summed E-state index contributed by atoms with van der Waals surface area (Å²) in [6.07, 6.45) is -18.4. The van der Waals surface area contributed by atoms with Crippen molar-refractivity contribution in [1.82, 2.24) is 9.78 Å². The zero-order valence-corrected chi connectivity index (χ0v) is 11.0. The van der Waals surface area contributed by atoms with Crippen molar-refractivity contribution in [2.45, 2.75) is 49.9 Å². The summed E-state index contributed by atoms with van der Waals surface area (Å²) in [7, 11) is 0. The molecule has 0 aromatic carbocycles. The summed E-state index contributed by atoms with van der Waals surface area (Å²) < 4.78 is 115. The second kappa shape index (κ2) is 5.28. The molecule has 1 aliphatic carbocycles. The van der Waals surface area contributed by atoms with Gasteiger partial charge in [0.05, 0.1) is 5.69 Å². The standard InChI is InChI=1S/C11H9F9N2O/c12-6-5-4(8(23)10(6,16)17)7(11(18,19)20)21-22(5)3-1-2-9(13,14)15/h6,8,23H,1-3H2/t6-,8?/m0/s1. The topological polar surface area (TPSA) is 38.1 Å². The normalized spacial score (nSPS) is 24.1. The van der Waals surface area contributed by atoms with E-state index in [4.69, 9.17) is 0 Å². The van der Waals surface area contributed by atoms with Crippen molar-refractivity contribution in [1.29, 1.82) is 0 Å². The fourth-order valence-corrected chi connectivity index (χ4v) is 2.35. The van der Waals surface area contributed by atoms with E-state index < -0.39 is 66.9 Å². The number of aromatic nitrogens is 2. The van der Waals surface area contributed by atoms with Crippen molar-refractivity contribution in [2.75, 3.05) is 0 Å². The van der Waals surface area contributed by atoms with Gasteiger partial charge in [0, 0.05) is 18.5 Å². The number of aryl methyl sites for hydroxylation is 1. The highest BCUT2D eigenvalue weighted by Gasteiger charge is 2.61. The van der Waals surface area contributed by atoms with Crippen LogP contribution in [0.5, 0.6) is 0 Å². The Morgan fingerprint density at radius 1 is 1.13 bits per heavy atom. The van der Waals surface area contributed by atoms with Gasteiger partial charge in [-0.05, 0) is 6.42 Å². The monoisotopic (exact) mass is 356 g/mol. The van der Waals surface area contributed by atoms with E-state index in [0.717, 1.165) is 0 Å². The molecule has 1 heterocycles. The summed E-state index contributed by atoms with van der Waals surface area (Å²) in [6, 6.07) is 0. The number of hydrogen-bond acceptors (Lipinski definition) is 2.